The van der Waals surface area contributed by atoms with Gasteiger partial charge in [0.2, 0.25) is 0 Å². The zero-order chi connectivity index (χ0) is 17.4. The van der Waals surface area contributed by atoms with Gasteiger partial charge in [0.05, 0.1) is 11.9 Å². The van der Waals surface area contributed by atoms with Gasteiger partial charge in [-0.15, -0.1) is 0 Å². The van der Waals surface area contributed by atoms with Gasteiger partial charge in [-0.25, -0.2) is 9.67 Å². The van der Waals surface area contributed by atoms with E-state index >= 15 is 0 Å². The fourth-order valence-electron chi connectivity index (χ4n) is 3.98. The molecule has 0 N–H and O–H groups in total. The van der Waals surface area contributed by atoms with Crippen LogP contribution < -0.4 is 0 Å². The number of aromatic nitrogens is 4. The molecule has 0 aliphatic heterocycles. The summed E-state index contributed by atoms with van der Waals surface area (Å²) in [6.07, 6.45) is 11.1. The highest BCUT2D eigenvalue weighted by molar-refractivity contribution is 6.02. The highest BCUT2D eigenvalue weighted by Crippen LogP contribution is 2.40. The zero-order valence-electron chi connectivity index (χ0n) is 14.7. The average molecular weight is 334 g/mol. The lowest BCUT2D eigenvalue weighted by Crippen LogP contribution is -2.07. The van der Waals surface area contributed by atoms with Crippen LogP contribution in [-0.4, -0.2) is 26.0 Å². The van der Waals surface area contributed by atoms with Crippen molar-refractivity contribution >= 4 is 17.3 Å². The van der Waals surface area contributed by atoms with Crippen LogP contribution in [0, 0.1) is 6.92 Å². The Balaban J connectivity index is 2.07. The number of hydrogen-bond donors (Lipinski definition) is 0. The van der Waals surface area contributed by atoms with E-state index in [0.717, 1.165) is 59.1 Å². The summed E-state index contributed by atoms with van der Waals surface area (Å²) < 4.78 is 1.91. The van der Waals surface area contributed by atoms with Crippen LogP contribution in [0.4, 0.5) is 0 Å². The molecule has 1 saturated carbocycles. The molecule has 3 aromatic heterocycles. The summed E-state index contributed by atoms with van der Waals surface area (Å²) in [4.78, 5) is 21.3. The molecule has 0 radical (unpaired) electrons. The lowest BCUT2D eigenvalue weighted by Gasteiger charge is -2.16. The quantitative estimate of drug-likeness (QED) is 0.668. The molecule has 3 aromatic rings. The Morgan fingerprint density at radius 3 is 2.72 bits per heavy atom. The molecule has 0 aromatic carbocycles. The maximum absolute atomic E-state index is 12.1. The summed E-state index contributed by atoms with van der Waals surface area (Å²) in [5.74, 6) is 0.362. The molecule has 1 fully saturated rings. The van der Waals surface area contributed by atoms with Crippen molar-refractivity contribution in [2.24, 2.45) is 0 Å². The van der Waals surface area contributed by atoms with Crippen LogP contribution in [0.3, 0.4) is 0 Å². The molecule has 1 aliphatic rings. The summed E-state index contributed by atoms with van der Waals surface area (Å²) in [7, 11) is 0. The van der Waals surface area contributed by atoms with E-state index in [-0.39, 0.29) is 0 Å². The number of carbonyl (C=O) groups excluding carboxylic acids is 1. The Bertz CT molecular complexity index is 938. The van der Waals surface area contributed by atoms with Crippen molar-refractivity contribution in [3.63, 3.8) is 0 Å². The molecule has 5 heteroatoms. The van der Waals surface area contributed by atoms with Crippen molar-refractivity contribution in [3.05, 3.63) is 41.5 Å². The first kappa shape index (κ1) is 15.9. The molecule has 0 spiro atoms. The third-order valence-corrected chi connectivity index (χ3v) is 5.18. The van der Waals surface area contributed by atoms with Crippen LogP contribution in [0.5, 0.6) is 0 Å². The van der Waals surface area contributed by atoms with Crippen molar-refractivity contribution in [2.45, 2.75) is 52.0 Å². The van der Waals surface area contributed by atoms with Gasteiger partial charge < -0.3 is 0 Å². The van der Waals surface area contributed by atoms with Crippen LogP contribution in [0.15, 0.2) is 24.7 Å². The molecular weight excluding hydrogens is 312 g/mol. The van der Waals surface area contributed by atoms with E-state index in [2.05, 4.69) is 23.1 Å². The maximum atomic E-state index is 12.1. The van der Waals surface area contributed by atoms with E-state index in [0.29, 0.717) is 11.5 Å². The highest BCUT2D eigenvalue weighted by Gasteiger charge is 2.26. The first-order valence-corrected chi connectivity index (χ1v) is 8.99. The molecule has 3 heterocycles. The van der Waals surface area contributed by atoms with Crippen molar-refractivity contribution in [1.82, 2.24) is 19.7 Å². The summed E-state index contributed by atoms with van der Waals surface area (Å²) in [5, 5.41) is 5.41. The number of nitrogens with zero attached hydrogens (tertiary/aromatic N) is 4. The second-order valence-corrected chi connectivity index (χ2v) is 6.83. The topological polar surface area (TPSA) is 60.7 Å². The number of carbonyl (C=O) groups is 1. The predicted octanol–water partition coefficient (Wildman–Crippen LogP) is 4.29. The van der Waals surface area contributed by atoms with Crippen molar-refractivity contribution in [2.75, 3.05) is 0 Å². The standard InChI is InChI=1S/C20H22N4O/c1-3-24-20-16(11-22-24)18(15-8-13(2)9-21-10-15)17(12-25)19(23-20)14-6-4-5-7-14/h8-12,14H,3-7H2,1-2H3. The molecular formula is C20H22N4O. The lowest BCUT2D eigenvalue weighted by molar-refractivity contribution is 0.112. The van der Waals surface area contributed by atoms with Crippen molar-refractivity contribution < 1.29 is 4.79 Å². The Morgan fingerprint density at radius 2 is 2.04 bits per heavy atom. The highest BCUT2D eigenvalue weighted by atomic mass is 16.1. The van der Waals surface area contributed by atoms with Gasteiger partial charge in [0.1, 0.15) is 0 Å². The van der Waals surface area contributed by atoms with Gasteiger partial charge >= 0.3 is 0 Å². The number of hydrogen-bond acceptors (Lipinski definition) is 4. The molecule has 0 atom stereocenters. The monoisotopic (exact) mass is 334 g/mol. The molecule has 4 rings (SSSR count). The summed E-state index contributed by atoms with van der Waals surface area (Å²) in [6.45, 7) is 4.83. The van der Waals surface area contributed by atoms with E-state index < -0.39 is 0 Å². The number of pyridine rings is 2. The molecule has 0 bridgehead atoms. The summed E-state index contributed by atoms with van der Waals surface area (Å²) in [6, 6.07) is 2.08. The van der Waals surface area contributed by atoms with E-state index in [1.807, 2.05) is 30.2 Å². The average Bonchev–Trinajstić information content (AvgIpc) is 3.29. The van der Waals surface area contributed by atoms with E-state index in [4.69, 9.17) is 4.98 Å². The fraction of sp³-hybridized carbons (Fsp3) is 0.400. The first-order valence-electron chi connectivity index (χ1n) is 8.99. The minimum atomic E-state index is 0.362. The van der Waals surface area contributed by atoms with Crippen molar-refractivity contribution in [3.8, 4) is 11.1 Å². The van der Waals surface area contributed by atoms with E-state index in [9.17, 15) is 4.79 Å². The van der Waals surface area contributed by atoms with Gasteiger partial charge in [0.25, 0.3) is 0 Å². The normalized spacial score (nSPS) is 15.1. The predicted molar refractivity (Wildman–Crippen MR) is 97.8 cm³/mol. The van der Waals surface area contributed by atoms with Gasteiger partial charge in [0.15, 0.2) is 11.9 Å². The maximum Gasteiger partial charge on any atom is 0.158 e. The molecule has 25 heavy (non-hydrogen) atoms. The second-order valence-electron chi connectivity index (χ2n) is 6.83. The van der Waals surface area contributed by atoms with E-state index in [1.165, 1.54) is 12.8 Å². The zero-order valence-corrected chi connectivity index (χ0v) is 14.7. The van der Waals surface area contributed by atoms with Crippen LogP contribution in [0.2, 0.25) is 0 Å². The van der Waals surface area contributed by atoms with Gasteiger partial charge in [-0.3, -0.25) is 9.78 Å². The minimum Gasteiger partial charge on any atom is -0.298 e. The molecule has 0 unspecified atom stereocenters. The van der Waals surface area contributed by atoms with Gasteiger partial charge in [-0.05, 0) is 38.3 Å². The summed E-state index contributed by atoms with van der Waals surface area (Å²) in [5.41, 5.74) is 5.48. The summed E-state index contributed by atoms with van der Waals surface area (Å²) >= 11 is 0. The van der Waals surface area contributed by atoms with Gasteiger partial charge in [-0.1, -0.05) is 12.8 Å². The van der Waals surface area contributed by atoms with Crippen LogP contribution in [0.1, 0.15) is 60.1 Å². The number of rotatable bonds is 4. The first-order chi connectivity index (χ1) is 12.2. The van der Waals surface area contributed by atoms with Gasteiger partial charge in [-0.2, -0.15) is 5.10 Å². The third kappa shape index (κ3) is 2.64. The van der Waals surface area contributed by atoms with Gasteiger partial charge in [0, 0.05) is 46.9 Å². The Labute approximate surface area is 147 Å². The molecule has 0 amide bonds. The van der Waals surface area contributed by atoms with Crippen molar-refractivity contribution in [1.29, 1.82) is 0 Å². The Kier molecular flexibility index (Phi) is 4.07. The lowest BCUT2D eigenvalue weighted by atomic mass is 9.91. The molecule has 5 nitrogen and oxygen atoms in total. The minimum absolute atomic E-state index is 0.362. The Hall–Kier alpha value is -2.56. The largest absolute Gasteiger partial charge is 0.298 e. The van der Waals surface area contributed by atoms with Crippen LogP contribution >= 0.6 is 0 Å². The number of aldehydes is 1. The number of fused-ring (bicyclic) bond motifs is 1. The molecule has 128 valence electrons. The SMILES string of the molecule is CCn1ncc2c(-c3cncc(C)c3)c(C=O)c(C3CCCC3)nc21. The van der Waals surface area contributed by atoms with Crippen LogP contribution in [0.25, 0.3) is 22.2 Å². The second kappa shape index (κ2) is 6.39. The number of aryl methyl sites for hydroxylation is 2. The fourth-order valence-corrected chi connectivity index (χ4v) is 3.98. The Morgan fingerprint density at radius 1 is 1.24 bits per heavy atom. The van der Waals surface area contributed by atoms with E-state index in [1.54, 1.807) is 0 Å². The molecule has 1 aliphatic carbocycles. The third-order valence-electron chi connectivity index (χ3n) is 5.18. The smallest absolute Gasteiger partial charge is 0.158 e. The molecule has 0 saturated heterocycles. The van der Waals surface area contributed by atoms with Crippen LogP contribution in [-0.2, 0) is 6.54 Å².